The van der Waals surface area contributed by atoms with E-state index in [1.54, 1.807) is 12.1 Å². The lowest BCUT2D eigenvalue weighted by atomic mass is 10.1. The third-order valence-corrected chi connectivity index (χ3v) is 9.67. The molecule has 4 aromatic rings. The van der Waals surface area contributed by atoms with E-state index in [0.717, 1.165) is 47.0 Å². The number of aromatic nitrogens is 2. The minimum absolute atomic E-state index is 0.0923. The maximum Gasteiger partial charge on any atom is 0.276 e. The summed E-state index contributed by atoms with van der Waals surface area (Å²) in [6, 6.07) is 17.0. The van der Waals surface area contributed by atoms with E-state index in [0.29, 0.717) is 29.1 Å². The number of carbonyl (C=O) groups is 2. The standard InChI is InChI=1S/C29H27ClN4O4S2/c1-18-8-5-6-11-20(18)17-40(37,38)29-32-16-22(30)25(33-29)27(36)34-28-24(21-12-7-13-23(21)39-28)26(35)31-15-14-19-9-3-2-4-10-19/h2-6,8-11,16H,7,12-15,17H2,1H3,(H,31,35)(H,34,36). The molecule has 40 heavy (non-hydrogen) atoms. The Hall–Kier alpha value is -3.60. The topological polar surface area (TPSA) is 118 Å². The maximum absolute atomic E-state index is 13.3. The van der Waals surface area contributed by atoms with Crippen LogP contribution in [0.25, 0.3) is 0 Å². The number of hydrogen-bond acceptors (Lipinski definition) is 7. The van der Waals surface area contributed by atoms with Gasteiger partial charge in [-0.25, -0.2) is 18.4 Å². The number of benzene rings is 2. The maximum atomic E-state index is 13.3. The number of carbonyl (C=O) groups excluding carboxylic acids is 2. The van der Waals surface area contributed by atoms with Gasteiger partial charge in [0, 0.05) is 11.4 Å². The van der Waals surface area contributed by atoms with E-state index < -0.39 is 20.9 Å². The van der Waals surface area contributed by atoms with Crippen LogP contribution in [-0.4, -0.2) is 36.7 Å². The highest BCUT2D eigenvalue weighted by Gasteiger charge is 2.29. The van der Waals surface area contributed by atoms with Gasteiger partial charge in [0.25, 0.3) is 11.8 Å². The first-order chi connectivity index (χ1) is 19.2. The van der Waals surface area contributed by atoms with Crippen molar-refractivity contribution >= 4 is 49.6 Å². The van der Waals surface area contributed by atoms with E-state index in [9.17, 15) is 18.0 Å². The van der Waals surface area contributed by atoms with Crippen LogP contribution in [0.15, 0.2) is 66.0 Å². The zero-order valence-electron chi connectivity index (χ0n) is 21.7. The Morgan fingerprint density at radius 2 is 1.77 bits per heavy atom. The summed E-state index contributed by atoms with van der Waals surface area (Å²) < 4.78 is 26.2. The number of rotatable bonds is 9. The van der Waals surface area contributed by atoms with Crippen molar-refractivity contribution in [3.05, 3.63) is 104 Å². The molecule has 0 aliphatic heterocycles. The fourth-order valence-electron chi connectivity index (χ4n) is 4.65. The van der Waals surface area contributed by atoms with Gasteiger partial charge in [-0.2, -0.15) is 0 Å². The molecule has 2 aromatic heterocycles. The molecule has 2 amide bonds. The van der Waals surface area contributed by atoms with Gasteiger partial charge in [-0.15, -0.1) is 11.3 Å². The first-order valence-corrected chi connectivity index (χ1v) is 15.7. The van der Waals surface area contributed by atoms with Crippen LogP contribution < -0.4 is 10.6 Å². The van der Waals surface area contributed by atoms with Gasteiger partial charge in [-0.3, -0.25) is 9.59 Å². The number of amides is 2. The van der Waals surface area contributed by atoms with Crippen molar-refractivity contribution in [2.75, 3.05) is 11.9 Å². The molecule has 0 fully saturated rings. The van der Waals surface area contributed by atoms with E-state index >= 15 is 0 Å². The monoisotopic (exact) mass is 594 g/mol. The van der Waals surface area contributed by atoms with Crippen LogP contribution in [-0.2, 0) is 34.9 Å². The van der Waals surface area contributed by atoms with Gasteiger partial charge in [-0.1, -0.05) is 66.2 Å². The summed E-state index contributed by atoms with van der Waals surface area (Å²) in [5.41, 5.74) is 3.65. The summed E-state index contributed by atoms with van der Waals surface area (Å²) in [7, 11) is -3.96. The van der Waals surface area contributed by atoms with Crippen LogP contribution in [0.4, 0.5) is 5.00 Å². The van der Waals surface area contributed by atoms with Crippen LogP contribution in [0.1, 0.15) is 54.4 Å². The number of halogens is 1. The fourth-order valence-corrected chi connectivity index (χ4v) is 7.41. The SMILES string of the molecule is Cc1ccccc1CS(=O)(=O)c1ncc(Cl)c(C(=O)Nc2sc3c(c2C(=O)NCCc2ccccc2)CCC3)n1. The van der Waals surface area contributed by atoms with Crippen LogP contribution in [0.5, 0.6) is 0 Å². The molecule has 11 heteroatoms. The van der Waals surface area contributed by atoms with Crippen LogP contribution in [0, 0.1) is 6.92 Å². The Balaban J connectivity index is 1.36. The second kappa shape index (κ2) is 11.9. The van der Waals surface area contributed by atoms with Crippen LogP contribution >= 0.6 is 22.9 Å². The lowest BCUT2D eigenvalue weighted by Gasteiger charge is -2.11. The summed E-state index contributed by atoms with van der Waals surface area (Å²) in [4.78, 5) is 35.6. The normalized spacial score (nSPS) is 12.7. The zero-order chi connectivity index (χ0) is 28.3. The molecule has 2 aromatic carbocycles. The average Bonchev–Trinajstić information content (AvgIpc) is 3.51. The molecular weight excluding hydrogens is 568 g/mol. The highest BCUT2D eigenvalue weighted by molar-refractivity contribution is 7.90. The first-order valence-electron chi connectivity index (χ1n) is 12.8. The van der Waals surface area contributed by atoms with E-state index in [1.807, 2.05) is 49.4 Å². The van der Waals surface area contributed by atoms with Crippen LogP contribution in [0.2, 0.25) is 5.02 Å². The first kappa shape index (κ1) is 27.9. The molecule has 8 nitrogen and oxygen atoms in total. The summed E-state index contributed by atoms with van der Waals surface area (Å²) in [6.45, 7) is 2.26. The molecule has 206 valence electrons. The van der Waals surface area contributed by atoms with Gasteiger partial charge in [0.1, 0.15) is 5.00 Å². The number of anilines is 1. The molecule has 0 bridgehead atoms. The Morgan fingerprint density at radius 3 is 2.55 bits per heavy atom. The largest absolute Gasteiger partial charge is 0.352 e. The molecule has 1 aliphatic rings. The smallest absolute Gasteiger partial charge is 0.276 e. The summed E-state index contributed by atoms with van der Waals surface area (Å²) in [5.74, 6) is -1.29. The second-order valence-electron chi connectivity index (χ2n) is 9.54. The third-order valence-electron chi connectivity index (χ3n) is 6.74. The molecular formula is C29H27ClN4O4S2. The molecule has 0 saturated carbocycles. The number of hydrogen-bond donors (Lipinski definition) is 2. The van der Waals surface area contributed by atoms with Gasteiger partial charge in [0.2, 0.25) is 15.0 Å². The van der Waals surface area contributed by atoms with Gasteiger partial charge in [-0.05, 0) is 54.9 Å². The summed E-state index contributed by atoms with van der Waals surface area (Å²) in [5, 5.41) is 5.56. The van der Waals surface area contributed by atoms with Gasteiger partial charge < -0.3 is 10.6 Å². The van der Waals surface area contributed by atoms with Crippen molar-refractivity contribution in [1.82, 2.24) is 15.3 Å². The van der Waals surface area contributed by atoms with Crippen molar-refractivity contribution in [3.8, 4) is 0 Å². The van der Waals surface area contributed by atoms with Crippen LogP contribution in [0.3, 0.4) is 0 Å². The molecule has 0 saturated heterocycles. The van der Waals surface area contributed by atoms with Gasteiger partial charge in [0.15, 0.2) is 5.69 Å². The predicted octanol–water partition coefficient (Wildman–Crippen LogP) is 5.19. The minimum Gasteiger partial charge on any atom is -0.352 e. The van der Waals surface area contributed by atoms with Crippen molar-refractivity contribution < 1.29 is 18.0 Å². The zero-order valence-corrected chi connectivity index (χ0v) is 24.1. The number of fused-ring (bicyclic) bond motifs is 1. The quantitative estimate of drug-likeness (QED) is 0.258. The molecule has 2 heterocycles. The molecule has 2 N–H and O–H groups in total. The Morgan fingerprint density at radius 1 is 1.02 bits per heavy atom. The van der Waals surface area contributed by atoms with E-state index in [-0.39, 0.29) is 22.4 Å². The van der Waals surface area contributed by atoms with Crippen molar-refractivity contribution in [1.29, 1.82) is 0 Å². The fraction of sp³-hybridized carbons (Fsp3) is 0.241. The number of sulfone groups is 1. The number of nitrogens with zero attached hydrogens (tertiary/aromatic N) is 2. The van der Waals surface area contributed by atoms with Gasteiger partial charge >= 0.3 is 0 Å². The van der Waals surface area contributed by atoms with E-state index in [2.05, 4.69) is 20.6 Å². The van der Waals surface area contributed by atoms with Gasteiger partial charge in [0.05, 0.1) is 22.5 Å². The van der Waals surface area contributed by atoms with Crippen molar-refractivity contribution in [2.45, 2.75) is 43.5 Å². The average molecular weight is 595 g/mol. The molecule has 1 aliphatic carbocycles. The minimum atomic E-state index is -3.96. The second-order valence-corrected chi connectivity index (χ2v) is 12.9. The van der Waals surface area contributed by atoms with Crippen molar-refractivity contribution in [3.63, 3.8) is 0 Å². The number of aryl methyl sites for hydroxylation is 2. The highest BCUT2D eigenvalue weighted by Crippen LogP contribution is 2.39. The molecule has 0 spiro atoms. The summed E-state index contributed by atoms with van der Waals surface area (Å²) >= 11 is 7.59. The Kier molecular flexibility index (Phi) is 8.30. The van der Waals surface area contributed by atoms with E-state index in [4.69, 9.17) is 11.6 Å². The Bertz CT molecular complexity index is 1690. The molecule has 5 rings (SSSR count). The highest BCUT2D eigenvalue weighted by atomic mass is 35.5. The third kappa shape index (κ3) is 6.09. The number of nitrogens with one attached hydrogen (secondary N) is 2. The predicted molar refractivity (Wildman–Crippen MR) is 156 cm³/mol. The molecule has 0 radical (unpaired) electrons. The Labute approximate surface area is 241 Å². The van der Waals surface area contributed by atoms with Crippen molar-refractivity contribution in [2.24, 2.45) is 0 Å². The number of thiophene rings is 1. The summed E-state index contributed by atoms with van der Waals surface area (Å²) in [6.07, 6.45) is 4.31. The molecule has 0 atom stereocenters. The lowest BCUT2D eigenvalue weighted by Crippen LogP contribution is -2.27. The lowest BCUT2D eigenvalue weighted by molar-refractivity contribution is 0.0954. The molecule has 0 unspecified atom stereocenters. The van der Waals surface area contributed by atoms with E-state index in [1.165, 1.54) is 11.3 Å².